The molecule has 1 unspecified atom stereocenters. The lowest BCUT2D eigenvalue weighted by atomic mass is 9.97. The van der Waals surface area contributed by atoms with Crippen molar-refractivity contribution in [3.05, 3.63) is 35.4 Å². The normalized spacial score (nSPS) is 12.5. The first-order valence-electron chi connectivity index (χ1n) is 5.73. The molecule has 0 radical (unpaired) electrons. The van der Waals surface area contributed by atoms with E-state index in [2.05, 4.69) is 0 Å². The minimum Gasteiger partial charge on any atom is -0.330 e. The van der Waals surface area contributed by atoms with E-state index in [1.807, 2.05) is 6.92 Å². The molecule has 1 rings (SSSR count). The first kappa shape index (κ1) is 13.8. The first-order valence-corrected chi connectivity index (χ1v) is 5.73. The van der Waals surface area contributed by atoms with Crippen LogP contribution in [0, 0.1) is 17.6 Å². The molecular formula is C13H17F2NO. The van der Waals surface area contributed by atoms with Gasteiger partial charge in [-0.15, -0.1) is 0 Å². The molecule has 0 aromatic heterocycles. The molecule has 94 valence electrons. The van der Waals surface area contributed by atoms with Crippen molar-refractivity contribution in [1.29, 1.82) is 0 Å². The van der Waals surface area contributed by atoms with Crippen LogP contribution in [0.25, 0.3) is 0 Å². The highest BCUT2D eigenvalue weighted by Gasteiger charge is 2.13. The van der Waals surface area contributed by atoms with Gasteiger partial charge in [0.1, 0.15) is 11.6 Å². The predicted octanol–water partition coefficient (Wildman–Crippen LogP) is 2.91. The highest BCUT2D eigenvalue weighted by molar-refractivity contribution is 5.96. The number of carbonyl (C=O) groups is 1. The van der Waals surface area contributed by atoms with Gasteiger partial charge in [-0.25, -0.2) is 8.78 Å². The Kier molecular flexibility index (Phi) is 5.22. The summed E-state index contributed by atoms with van der Waals surface area (Å²) in [5.74, 6) is -1.41. The van der Waals surface area contributed by atoms with Gasteiger partial charge in [-0.2, -0.15) is 0 Å². The van der Waals surface area contributed by atoms with E-state index < -0.39 is 11.6 Å². The Bertz CT molecular complexity index is 393. The van der Waals surface area contributed by atoms with E-state index in [9.17, 15) is 13.6 Å². The molecule has 0 saturated carbocycles. The molecule has 4 heteroatoms. The summed E-state index contributed by atoms with van der Waals surface area (Å²) in [6.07, 6.45) is 1.79. The largest absolute Gasteiger partial charge is 0.330 e. The van der Waals surface area contributed by atoms with Gasteiger partial charge in [0.05, 0.1) is 5.56 Å². The summed E-state index contributed by atoms with van der Waals surface area (Å²) in [5.41, 5.74) is 5.37. The fourth-order valence-electron chi connectivity index (χ4n) is 1.66. The maximum atomic E-state index is 13.3. The lowest BCUT2D eigenvalue weighted by Crippen LogP contribution is -2.09. The van der Waals surface area contributed by atoms with Crippen LogP contribution in [0.15, 0.2) is 18.2 Å². The van der Waals surface area contributed by atoms with Crippen LogP contribution in [0.1, 0.15) is 36.5 Å². The molecule has 1 aromatic carbocycles. The molecule has 1 aromatic rings. The van der Waals surface area contributed by atoms with Crippen molar-refractivity contribution in [1.82, 2.24) is 0 Å². The van der Waals surface area contributed by atoms with Crippen molar-refractivity contribution in [2.75, 3.05) is 6.54 Å². The maximum Gasteiger partial charge on any atom is 0.165 e. The SMILES string of the molecule is CC(CCN)CCC(=O)c1ccc(F)cc1F. The van der Waals surface area contributed by atoms with Crippen LogP contribution in [-0.4, -0.2) is 12.3 Å². The molecule has 0 saturated heterocycles. The van der Waals surface area contributed by atoms with Crippen molar-refractivity contribution in [2.45, 2.75) is 26.2 Å². The quantitative estimate of drug-likeness (QED) is 0.778. The number of benzene rings is 1. The van der Waals surface area contributed by atoms with Crippen molar-refractivity contribution in [2.24, 2.45) is 11.7 Å². The van der Waals surface area contributed by atoms with Gasteiger partial charge in [-0.1, -0.05) is 6.92 Å². The minimum atomic E-state index is -0.790. The lowest BCUT2D eigenvalue weighted by molar-refractivity contribution is 0.0970. The number of hydrogen-bond acceptors (Lipinski definition) is 2. The standard InChI is InChI=1S/C13H17F2NO/c1-9(6-7-16)2-5-13(17)11-4-3-10(14)8-12(11)15/h3-4,8-9H,2,5-7,16H2,1H3. The molecule has 0 aliphatic carbocycles. The number of Topliss-reactive ketones (excluding diaryl/α,β-unsaturated/α-hetero) is 1. The average molecular weight is 241 g/mol. The maximum absolute atomic E-state index is 13.3. The van der Waals surface area contributed by atoms with E-state index in [1.54, 1.807) is 0 Å². The van der Waals surface area contributed by atoms with E-state index >= 15 is 0 Å². The Morgan fingerprint density at radius 1 is 1.35 bits per heavy atom. The van der Waals surface area contributed by atoms with E-state index in [4.69, 9.17) is 5.73 Å². The Morgan fingerprint density at radius 2 is 2.06 bits per heavy atom. The van der Waals surface area contributed by atoms with Gasteiger partial charge in [-0.3, -0.25) is 4.79 Å². The molecule has 1 atom stereocenters. The van der Waals surface area contributed by atoms with Crippen LogP contribution in [0.3, 0.4) is 0 Å². The minimum absolute atomic E-state index is 0.0358. The molecule has 0 bridgehead atoms. The highest BCUT2D eigenvalue weighted by atomic mass is 19.1. The highest BCUT2D eigenvalue weighted by Crippen LogP contribution is 2.16. The number of hydrogen-bond donors (Lipinski definition) is 1. The molecule has 0 fully saturated rings. The zero-order valence-corrected chi connectivity index (χ0v) is 9.88. The molecule has 0 heterocycles. The molecule has 0 aliphatic rings. The van der Waals surface area contributed by atoms with Gasteiger partial charge < -0.3 is 5.73 Å². The summed E-state index contributed by atoms with van der Waals surface area (Å²) in [6.45, 7) is 2.58. The second-order valence-electron chi connectivity index (χ2n) is 4.27. The van der Waals surface area contributed by atoms with E-state index in [0.29, 0.717) is 18.9 Å². The molecule has 0 aliphatic heterocycles. The third-order valence-corrected chi connectivity index (χ3v) is 2.76. The third-order valence-electron chi connectivity index (χ3n) is 2.76. The van der Waals surface area contributed by atoms with Crippen molar-refractivity contribution in [3.63, 3.8) is 0 Å². The number of nitrogens with two attached hydrogens (primary N) is 1. The smallest absolute Gasteiger partial charge is 0.165 e. The molecule has 17 heavy (non-hydrogen) atoms. The van der Waals surface area contributed by atoms with Crippen LogP contribution in [0.4, 0.5) is 8.78 Å². The zero-order chi connectivity index (χ0) is 12.8. The number of rotatable bonds is 6. The Hall–Kier alpha value is -1.29. The van der Waals surface area contributed by atoms with Gasteiger partial charge in [0.15, 0.2) is 5.78 Å². The summed E-state index contributed by atoms with van der Waals surface area (Å²) in [6, 6.07) is 3.02. The fraction of sp³-hybridized carbons (Fsp3) is 0.462. The average Bonchev–Trinajstić information content (AvgIpc) is 2.26. The summed E-state index contributed by atoms with van der Waals surface area (Å²) in [7, 11) is 0. The Balaban J connectivity index is 2.58. The molecule has 0 spiro atoms. The lowest BCUT2D eigenvalue weighted by Gasteiger charge is -2.09. The van der Waals surface area contributed by atoms with Crippen molar-refractivity contribution < 1.29 is 13.6 Å². The molecule has 2 N–H and O–H groups in total. The fourth-order valence-corrected chi connectivity index (χ4v) is 1.66. The van der Waals surface area contributed by atoms with Gasteiger partial charge in [0.2, 0.25) is 0 Å². The van der Waals surface area contributed by atoms with E-state index in [-0.39, 0.29) is 17.8 Å². The monoisotopic (exact) mass is 241 g/mol. The molecule has 0 amide bonds. The summed E-state index contributed by atoms with van der Waals surface area (Å²) in [4.78, 5) is 11.7. The summed E-state index contributed by atoms with van der Waals surface area (Å²) in [5, 5.41) is 0. The first-order chi connectivity index (χ1) is 8.04. The summed E-state index contributed by atoms with van der Waals surface area (Å²) < 4.78 is 26.0. The predicted molar refractivity (Wildman–Crippen MR) is 62.8 cm³/mol. The molecule has 2 nitrogen and oxygen atoms in total. The van der Waals surface area contributed by atoms with Crippen molar-refractivity contribution >= 4 is 5.78 Å². The number of ketones is 1. The van der Waals surface area contributed by atoms with Crippen LogP contribution in [0.5, 0.6) is 0 Å². The van der Waals surface area contributed by atoms with Crippen molar-refractivity contribution in [3.8, 4) is 0 Å². The Morgan fingerprint density at radius 3 is 2.65 bits per heavy atom. The third kappa shape index (κ3) is 4.23. The second-order valence-corrected chi connectivity index (χ2v) is 4.27. The van der Waals surface area contributed by atoms with Crippen LogP contribution < -0.4 is 5.73 Å². The van der Waals surface area contributed by atoms with Gasteiger partial charge >= 0.3 is 0 Å². The zero-order valence-electron chi connectivity index (χ0n) is 9.88. The second kappa shape index (κ2) is 6.45. The van der Waals surface area contributed by atoms with Crippen LogP contribution in [-0.2, 0) is 0 Å². The topological polar surface area (TPSA) is 43.1 Å². The van der Waals surface area contributed by atoms with Crippen LogP contribution in [0.2, 0.25) is 0 Å². The van der Waals surface area contributed by atoms with Gasteiger partial charge in [0, 0.05) is 12.5 Å². The molecular weight excluding hydrogens is 224 g/mol. The summed E-state index contributed by atoms with van der Waals surface area (Å²) >= 11 is 0. The Labute approximate surface area is 99.8 Å². The van der Waals surface area contributed by atoms with Gasteiger partial charge in [-0.05, 0) is 37.4 Å². The van der Waals surface area contributed by atoms with Crippen LogP contribution >= 0.6 is 0 Å². The number of halogens is 2. The van der Waals surface area contributed by atoms with Gasteiger partial charge in [0.25, 0.3) is 0 Å². The van der Waals surface area contributed by atoms with E-state index in [1.165, 1.54) is 6.07 Å². The van der Waals surface area contributed by atoms with E-state index in [0.717, 1.165) is 18.6 Å². The number of carbonyl (C=O) groups excluding carboxylic acids is 1.